The van der Waals surface area contributed by atoms with Gasteiger partial charge in [0.2, 0.25) is 0 Å². The van der Waals surface area contributed by atoms with Gasteiger partial charge in [-0.2, -0.15) is 0 Å². The van der Waals surface area contributed by atoms with Gasteiger partial charge in [-0.1, -0.05) is 57.9 Å². The average molecular weight is 329 g/mol. The van der Waals surface area contributed by atoms with Crippen molar-refractivity contribution in [2.24, 2.45) is 16.7 Å². The van der Waals surface area contributed by atoms with Crippen molar-refractivity contribution in [3.63, 3.8) is 0 Å². The van der Waals surface area contributed by atoms with Crippen LogP contribution in [0.1, 0.15) is 89.2 Å². The molecule has 24 heavy (non-hydrogen) atoms. The molecule has 1 aromatic rings. The zero-order chi connectivity index (χ0) is 17.2. The molecule has 2 aliphatic carbocycles. The van der Waals surface area contributed by atoms with Crippen molar-refractivity contribution in [1.29, 1.82) is 0 Å². The maximum Gasteiger partial charge on any atom is 0.0431 e. The van der Waals surface area contributed by atoms with E-state index < -0.39 is 0 Å². The van der Waals surface area contributed by atoms with Gasteiger partial charge in [-0.05, 0) is 78.7 Å². The summed E-state index contributed by atoms with van der Waals surface area (Å²) >= 11 is 0. The molecule has 0 amide bonds. The molecule has 0 radical (unpaired) electrons. The zero-order valence-electron chi connectivity index (χ0n) is 16.0. The first-order valence-corrected chi connectivity index (χ1v) is 10.2. The predicted octanol–water partition coefficient (Wildman–Crippen LogP) is 6.10. The number of benzene rings is 1. The second-order valence-corrected chi connectivity index (χ2v) is 9.10. The third-order valence-electron chi connectivity index (χ3n) is 7.49. The lowest BCUT2D eigenvalue weighted by molar-refractivity contribution is -0.0542. The summed E-state index contributed by atoms with van der Waals surface area (Å²) in [6, 6.07) is 9.21. The van der Waals surface area contributed by atoms with Crippen molar-refractivity contribution in [2.45, 2.75) is 84.5 Å². The molecule has 0 bridgehead atoms. The van der Waals surface area contributed by atoms with Crippen LogP contribution in [0.4, 0.5) is 0 Å². The highest BCUT2D eigenvalue weighted by Crippen LogP contribution is 2.65. The summed E-state index contributed by atoms with van der Waals surface area (Å²) < 4.78 is 0. The molecule has 1 saturated carbocycles. The van der Waals surface area contributed by atoms with Crippen molar-refractivity contribution >= 4 is 0 Å². The van der Waals surface area contributed by atoms with Gasteiger partial charge < -0.3 is 5.11 Å². The molecule has 3 atom stereocenters. The Balaban J connectivity index is 1.97. The van der Waals surface area contributed by atoms with Gasteiger partial charge in [0.1, 0.15) is 0 Å². The summed E-state index contributed by atoms with van der Waals surface area (Å²) in [5.74, 6) is 1.50. The molecule has 0 aromatic heterocycles. The summed E-state index contributed by atoms with van der Waals surface area (Å²) in [7, 11) is 0. The molecule has 2 aliphatic rings. The lowest BCUT2D eigenvalue weighted by atomic mass is 9.45. The van der Waals surface area contributed by atoms with E-state index in [1.54, 1.807) is 11.1 Å². The third kappa shape index (κ3) is 3.05. The Labute approximate surface area is 148 Å². The molecular weight excluding hydrogens is 292 g/mol. The highest BCUT2D eigenvalue weighted by molar-refractivity contribution is 5.36. The monoisotopic (exact) mass is 328 g/mol. The van der Waals surface area contributed by atoms with Gasteiger partial charge in [-0.3, -0.25) is 0 Å². The number of aliphatic hydroxyl groups is 1. The van der Waals surface area contributed by atoms with Gasteiger partial charge in [0.25, 0.3) is 0 Å². The predicted molar refractivity (Wildman–Crippen MR) is 102 cm³/mol. The highest BCUT2D eigenvalue weighted by Gasteiger charge is 2.54. The zero-order valence-corrected chi connectivity index (χ0v) is 16.0. The Morgan fingerprint density at radius 2 is 1.96 bits per heavy atom. The minimum atomic E-state index is 0.348. The standard InChI is InChI=1S/C23H36O/c1-18(2)11-16-23(14-7-17-24)13-6-10-21-20-9-5-4-8-19(20)12-15-22(21,23)3/h4-5,8-9,18,21,24H,6-7,10-17H2,1-3H3. The van der Waals surface area contributed by atoms with E-state index in [2.05, 4.69) is 45.0 Å². The minimum Gasteiger partial charge on any atom is -0.396 e. The fraction of sp³-hybridized carbons (Fsp3) is 0.739. The van der Waals surface area contributed by atoms with Gasteiger partial charge in [0.05, 0.1) is 0 Å². The highest BCUT2D eigenvalue weighted by atomic mass is 16.2. The van der Waals surface area contributed by atoms with Crippen molar-refractivity contribution < 1.29 is 5.11 Å². The molecule has 1 nitrogen and oxygen atoms in total. The topological polar surface area (TPSA) is 20.2 Å². The van der Waals surface area contributed by atoms with Crippen LogP contribution in [0, 0.1) is 16.7 Å². The molecular formula is C23H36O. The van der Waals surface area contributed by atoms with Crippen LogP contribution in [-0.2, 0) is 6.42 Å². The lowest BCUT2D eigenvalue weighted by Gasteiger charge is -2.59. The molecule has 0 aliphatic heterocycles. The molecule has 1 N–H and O–H groups in total. The summed E-state index contributed by atoms with van der Waals surface area (Å²) in [4.78, 5) is 0. The van der Waals surface area contributed by atoms with Crippen LogP contribution in [-0.4, -0.2) is 11.7 Å². The van der Waals surface area contributed by atoms with Crippen molar-refractivity contribution in [1.82, 2.24) is 0 Å². The molecule has 1 fully saturated rings. The van der Waals surface area contributed by atoms with Crippen molar-refractivity contribution in [3.05, 3.63) is 35.4 Å². The Morgan fingerprint density at radius 1 is 1.17 bits per heavy atom. The summed E-state index contributed by atoms with van der Waals surface area (Å²) in [5.41, 5.74) is 4.07. The first-order chi connectivity index (χ1) is 11.5. The van der Waals surface area contributed by atoms with Crippen LogP contribution >= 0.6 is 0 Å². The number of fused-ring (bicyclic) bond motifs is 3. The van der Waals surface area contributed by atoms with E-state index in [1.807, 2.05) is 0 Å². The van der Waals surface area contributed by atoms with E-state index >= 15 is 0 Å². The van der Waals surface area contributed by atoms with Gasteiger partial charge in [-0.25, -0.2) is 0 Å². The maximum absolute atomic E-state index is 9.53. The van der Waals surface area contributed by atoms with Crippen LogP contribution in [0.25, 0.3) is 0 Å². The molecule has 0 saturated heterocycles. The fourth-order valence-electron chi connectivity index (χ4n) is 5.98. The fourth-order valence-corrected chi connectivity index (χ4v) is 5.98. The molecule has 3 rings (SSSR count). The van der Waals surface area contributed by atoms with Crippen LogP contribution in [0.5, 0.6) is 0 Å². The van der Waals surface area contributed by atoms with Crippen LogP contribution in [0.15, 0.2) is 24.3 Å². The van der Waals surface area contributed by atoms with Gasteiger partial charge in [-0.15, -0.1) is 0 Å². The average Bonchev–Trinajstić information content (AvgIpc) is 2.58. The molecule has 0 spiro atoms. The normalized spacial score (nSPS) is 32.5. The number of rotatable bonds is 6. The number of hydrogen-bond acceptors (Lipinski definition) is 1. The molecule has 1 heteroatoms. The van der Waals surface area contributed by atoms with Crippen molar-refractivity contribution in [3.8, 4) is 0 Å². The van der Waals surface area contributed by atoms with E-state index in [9.17, 15) is 5.11 Å². The molecule has 3 unspecified atom stereocenters. The second-order valence-electron chi connectivity index (χ2n) is 9.10. The van der Waals surface area contributed by atoms with E-state index in [0.717, 1.165) is 18.3 Å². The molecule has 0 heterocycles. The number of aryl methyl sites for hydroxylation is 1. The summed E-state index contributed by atoms with van der Waals surface area (Å²) in [5, 5.41) is 9.53. The Hall–Kier alpha value is -0.820. The van der Waals surface area contributed by atoms with E-state index in [-0.39, 0.29) is 0 Å². The van der Waals surface area contributed by atoms with Crippen LogP contribution in [0.3, 0.4) is 0 Å². The lowest BCUT2D eigenvalue weighted by Crippen LogP contribution is -2.49. The first-order valence-electron chi connectivity index (χ1n) is 10.2. The largest absolute Gasteiger partial charge is 0.396 e. The summed E-state index contributed by atoms with van der Waals surface area (Å²) in [6.45, 7) is 7.67. The minimum absolute atomic E-state index is 0.348. The maximum atomic E-state index is 9.53. The Morgan fingerprint density at radius 3 is 2.71 bits per heavy atom. The van der Waals surface area contributed by atoms with Gasteiger partial charge >= 0.3 is 0 Å². The smallest absolute Gasteiger partial charge is 0.0431 e. The molecule has 134 valence electrons. The first kappa shape index (κ1) is 18.0. The molecule has 1 aromatic carbocycles. The SMILES string of the molecule is CC(C)CCC1(CCCO)CCCC2c3ccccc3CCC21C. The van der Waals surface area contributed by atoms with Gasteiger partial charge in [0, 0.05) is 6.61 Å². The van der Waals surface area contributed by atoms with E-state index in [1.165, 1.54) is 51.4 Å². The van der Waals surface area contributed by atoms with Crippen LogP contribution in [0.2, 0.25) is 0 Å². The van der Waals surface area contributed by atoms with E-state index in [0.29, 0.717) is 17.4 Å². The quantitative estimate of drug-likeness (QED) is 0.668. The number of aliphatic hydroxyl groups excluding tert-OH is 1. The third-order valence-corrected chi connectivity index (χ3v) is 7.49. The Bertz CT molecular complexity index is 549. The second kappa shape index (κ2) is 7.20. The van der Waals surface area contributed by atoms with Gasteiger partial charge in [0.15, 0.2) is 0 Å². The van der Waals surface area contributed by atoms with Crippen LogP contribution < -0.4 is 0 Å². The summed E-state index contributed by atoms with van der Waals surface area (Å²) in [6.07, 6.45) is 11.5. The number of hydrogen-bond donors (Lipinski definition) is 1. The Kier molecular flexibility index (Phi) is 5.39. The van der Waals surface area contributed by atoms with Crippen molar-refractivity contribution in [2.75, 3.05) is 6.61 Å². The van der Waals surface area contributed by atoms with E-state index in [4.69, 9.17) is 0 Å².